The van der Waals surface area contributed by atoms with Crippen molar-refractivity contribution >= 4 is 46.0 Å². The van der Waals surface area contributed by atoms with Gasteiger partial charge >= 0.3 is 18.0 Å². The number of nitrogens with zero attached hydrogens (tertiary/aromatic N) is 1. The average molecular weight is 437 g/mol. The molecule has 154 valence electrons. The molecule has 8 nitrogen and oxygen atoms in total. The Hall–Kier alpha value is -2.78. The number of likely N-dealkylation sites (tertiary alicyclic amines) is 1. The molecule has 29 heavy (non-hydrogen) atoms. The third-order valence-electron chi connectivity index (χ3n) is 4.53. The summed E-state index contributed by atoms with van der Waals surface area (Å²) in [5.74, 6) is -0.596. The molecule has 4 amide bonds. The number of halogens is 1. The van der Waals surface area contributed by atoms with E-state index in [1.807, 2.05) is 12.1 Å². The number of primary amides is 2. The van der Waals surface area contributed by atoms with Crippen molar-refractivity contribution < 1.29 is 19.1 Å². The fourth-order valence-electron chi connectivity index (χ4n) is 3.12. The van der Waals surface area contributed by atoms with Crippen LogP contribution in [-0.2, 0) is 4.74 Å². The van der Waals surface area contributed by atoms with Gasteiger partial charge in [0.1, 0.15) is 11.1 Å². The van der Waals surface area contributed by atoms with Gasteiger partial charge in [-0.25, -0.2) is 14.4 Å². The number of benzene rings is 1. The van der Waals surface area contributed by atoms with E-state index in [0.717, 1.165) is 23.3 Å². The van der Waals surface area contributed by atoms with Gasteiger partial charge in [-0.15, -0.1) is 11.3 Å². The van der Waals surface area contributed by atoms with E-state index in [-0.39, 0.29) is 12.1 Å². The van der Waals surface area contributed by atoms with Gasteiger partial charge in [-0.1, -0.05) is 23.7 Å². The van der Waals surface area contributed by atoms with Gasteiger partial charge < -0.3 is 21.1 Å². The maximum Gasteiger partial charge on any atom is 0.341 e. The molecule has 1 aromatic carbocycles. The van der Waals surface area contributed by atoms with Gasteiger partial charge in [0.2, 0.25) is 0 Å². The molecular weight excluding hydrogens is 416 g/mol. The van der Waals surface area contributed by atoms with Crippen LogP contribution in [0.5, 0.6) is 0 Å². The Bertz CT molecular complexity index is 915. The molecule has 1 unspecified atom stereocenters. The van der Waals surface area contributed by atoms with Crippen molar-refractivity contribution in [2.75, 3.05) is 18.4 Å². The topological polar surface area (TPSA) is 128 Å². The number of anilines is 1. The molecule has 1 aliphatic rings. The second-order valence-corrected chi connectivity index (χ2v) is 8.15. The zero-order chi connectivity index (χ0) is 21.0. The van der Waals surface area contributed by atoms with Crippen LogP contribution in [0.25, 0.3) is 10.4 Å². The van der Waals surface area contributed by atoms with Gasteiger partial charge in [0, 0.05) is 16.4 Å². The van der Waals surface area contributed by atoms with E-state index in [0.29, 0.717) is 23.0 Å². The largest absolute Gasteiger partial charge is 0.457 e. The number of esters is 1. The van der Waals surface area contributed by atoms with Crippen LogP contribution in [0.4, 0.5) is 14.6 Å². The summed E-state index contributed by atoms with van der Waals surface area (Å²) < 4.78 is 5.63. The standard InChI is InChI=1S/C19H21ClN4O4S/c20-12-6-4-11(5-7-12)15-9-14(16(29-15)23-18(21)26)17(25)28-13-3-1-2-8-24(10-13)19(22)27/h4-7,9,13H,1-3,8,10H2,(H2,22,27)(H3,21,23,26). The molecule has 0 radical (unpaired) electrons. The fraction of sp³-hybridized carbons (Fsp3) is 0.316. The van der Waals surface area contributed by atoms with Crippen LogP contribution < -0.4 is 16.8 Å². The van der Waals surface area contributed by atoms with Crippen LogP contribution in [0.15, 0.2) is 30.3 Å². The highest BCUT2D eigenvalue weighted by Gasteiger charge is 2.26. The summed E-state index contributed by atoms with van der Waals surface area (Å²) in [4.78, 5) is 37.9. The highest BCUT2D eigenvalue weighted by molar-refractivity contribution is 7.20. The summed E-state index contributed by atoms with van der Waals surface area (Å²) in [5.41, 5.74) is 11.7. The number of rotatable bonds is 4. The van der Waals surface area contributed by atoms with Crippen molar-refractivity contribution in [2.45, 2.75) is 25.4 Å². The zero-order valence-corrected chi connectivity index (χ0v) is 17.1. The van der Waals surface area contributed by atoms with Crippen LogP contribution in [0.2, 0.25) is 5.02 Å². The molecule has 0 spiro atoms. The van der Waals surface area contributed by atoms with Gasteiger partial charge in [-0.2, -0.15) is 0 Å². The first kappa shape index (κ1) is 20.9. The Morgan fingerprint density at radius 2 is 1.90 bits per heavy atom. The number of nitrogens with one attached hydrogen (secondary N) is 1. The number of hydrogen-bond acceptors (Lipinski definition) is 5. The SMILES string of the molecule is NC(=O)Nc1sc(-c2ccc(Cl)cc2)cc1C(=O)OC1CCCCN(C(N)=O)C1. The molecule has 1 aromatic heterocycles. The van der Waals surface area contributed by atoms with Crippen LogP contribution in [0.3, 0.4) is 0 Å². The molecule has 1 fully saturated rings. The van der Waals surface area contributed by atoms with E-state index >= 15 is 0 Å². The van der Waals surface area contributed by atoms with E-state index in [1.54, 1.807) is 18.2 Å². The van der Waals surface area contributed by atoms with Crippen molar-refractivity contribution in [3.8, 4) is 10.4 Å². The van der Waals surface area contributed by atoms with Crippen molar-refractivity contribution in [3.63, 3.8) is 0 Å². The van der Waals surface area contributed by atoms with Gasteiger partial charge in [-0.3, -0.25) is 5.32 Å². The molecule has 2 heterocycles. The zero-order valence-electron chi connectivity index (χ0n) is 15.5. The van der Waals surface area contributed by atoms with E-state index in [4.69, 9.17) is 27.8 Å². The summed E-state index contributed by atoms with van der Waals surface area (Å²) in [6.45, 7) is 0.783. The number of carbonyl (C=O) groups excluding carboxylic acids is 3. The van der Waals surface area contributed by atoms with Crippen molar-refractivity contribution in [2.24, 2.45) is 11.5 Å². The van der Waals surface area contributed by atoms with Gasteiger partial charge in [0.05, 0.1) is 12.1 Å². The van der Waals surface area contributed by atoms with Crippen LogP contribution in [-0.4, -0.2) is 42.1 Å². The maximum absolute atomic E-state index is 12.8. The summed E-state index contributed by atoms with van der Waals surface area (Å²) >= 11 is 7.14. The quantitative estimate of drug-likeness (QED) is 0.632. The van der Waals surface area contributed by atoms with Crippen LogP contribution in [0, 0.1) is 0 Å². The minimum Gasteiger partial charge on any atom is -0.457 e. The number of carbonyl (C=O) groups is 3. The molecule has 0 bridgehead atoms. The number of hydrogen-bond donors (Lipinski definition) is 3. The predicted octanol–water partition coefficient (Wildman–Crippen LogP) is 3.65. The molecular formula is C19H21ClN4O4S. The fourth-order valence-corrected chi connectivity index (χ4v) is 4.30. The minimum atomic E-state index is -0.780. The molecule has 0 saturated carbocycles. The van der Waals surface area contributed by atoms with Gasteiger partial charge in [0.15, 0.2) is 0 Å². The Labute approximate surface area is 176 Å². The number of thiophene rings is 1. The molecule has 1 aliphatic heterocycles. The normalized spacial score (nSPS) is 16.7. The van der Waals surface area contributed by atoms with Crippen molar-refractivity contribution in [3.05, 3.63) is 40.9 Å². The molecule has 2 aromatic rings. The molecule has 1 atom stereocenters. The molecule has 3 rings (SSSR count). The Kier molecular flexibility index (Phi) is 6.60. The highest BCUT2D eigenvalue weighted by atomic mass is 35.5. The first-order valence-corrected chi connectivity index (χ1v) is 10.2. The third kappa shape index (κ3) is 5.39. The number of amides is 4. The van der Waals surface area contributed by atoms with E-state index < -0.39 is 24.1 Å². The van der Waals surface area contributed by atoms with Crippen LogP contribution >= 0.6 is 22.9 Å². The summed E-state index contributed by atoms with van der Waals surface area (Å²) in [5, 5.41) is 3.37. The second kappa shape index (κ2) is 9.15. The minimum absolute atomic E-state index is 0.202. The number of nitrogens with two attached hydrogens (primary N) is 2. The van der Waals surface area contributed by atoms with E-state index in [2.05, 4.69) is 5.32 Å². The highest BCUT2D eigenvalue weighted by Crippen LogP contribution is 2.36. The lowest BCUT2D eigenvalue weighted by Gasteiger charge is -2.22. The summed E-state index contributed by atoms with van der Waals surface area (Å²) in [6.07, 6.45) is 1.76. The first-order chi connectivity index (χ1) is 13.8. The van der Waals surface area contributed by atoms with Crippen molar-refractivity contribution in [1.29, 1.82) is 0 Å². The summed E-state index contributed by atoms with van der Waals surface area (Å²) in [7, 11) is 0. The van der Waals surface area contributed by atoms with E-state index in [1.165, 1.54) is 16.2 Å². The van der Waals surface area contributed by atoms with Crippen LogP contribution in [0.1, 0.15) is 29.6 Å². The summed E-state index contributed by atoms with van der Waals surface area (Å²) in [6, 6.07) is 7.42. The molecule has 0 aliphatic carbocycles. The predicted molar refractivity (Wildman–Crippen MR) is 112 cm³/mol. The van der Waals surface area contributed by atoms with Crippen molar-refractivity contribution in [1.82, 2.24) is 4.90 Å². The second-order valence-electron chi connectivity index (χ2n) is 6.66. The smallest absolute Gasteiger partial charge is 0.341 e. The number of ether oxygens (including phenoxy) is 1. The first-order valence-electron chi connectivity index (χ1n) is 9.05. The lowest BCUT2D eigenvalue weighted by Crippen LogP contribution is -2.41. The monoisotopic (exact) mass is 436 g/mol. The Morgan fingerprint density at radius 1 is 1.17 bits per heavy atom. The third-order valence-corrected chi connectivity index (χ3v) is 5.88. The maximum atomic E-state index is 12.8. The number of urea groups is 2. The Balaban J connectivity index is 1.83. The Morgan fingerprint density at radius 3 is 2.55 bits per heavy atom. The lowest BCUT2D eigenvalue weighted by atomic mass is 10.1. The van der Waals surface area contributed by atoms with E-state index in [9.17, 15) is 14.4 Å². The van der Waals surface area contributed by atoms with Gasteiger partial charge in [-0.05, 0) is 43.0 Å². The molecule has 10 heteroatoms. The lowest BCUT2D eigenvalue weighted by molar-refractivity contribution is 0.0242. The van der Waals surface area contributed by atoms with Gasteiger partial charge in [0.25, 0.3) is 0 Å². The average Bonchev–Trinajstić information content (AvgIpc) is 2.92. The molecule has 1 saturated heterocycles. The molecule has 5 N–H and O–H groups in total.